The summed E-state index contributed by atoms with van der Waals surface area (Å²) in [4.78, 5) is 27.6. The molecule has 0 aromatic heterocycles. The lowest BCUT2D eigenvalue weighted by Gasteiger charge is -2.34. The van der Waals surface area contributed by atoms with Gasteiger partial charge in [-0.3, -0.25) is 4.79 Å². The van der Waals surface area contributed by atoms with Crippen molar-refractivity contribution in [2.45, 2.75) is 65.1 Å². The molecule has 0 saturated carbocycles. The van der Waals surface area contributed by atoms with Crippen LogP contribution in [-0.4, -0.2) is 59.1 Å². The molecule has 21 heavy (non-hydrogen) atoms. The molecule has 0 aromatic carbocycles. The number of hydrogen-bond acceptors (Lipinski definition) is 4. The maximum absolute atomic E-state index is 12.3. The third-order valence-electron chi connectivity index (χ3n) is 3.53. The van der Waals surface area contributed by atoms with Crippen molar-refractivity contribution < 1.29 is 14.3 Å². The van der Waals surface area contributed by atoms with Crippen molar-refractivity contribution in [3.63, 3.8) is 0 Å². The van der Waals surface area contributed by atoms with Gasteiger partial charge in [-0.1, -0.05) is 0 Å². The Labute approximate surface area is 127 Å². The average molecular weight is 299 g/mol. The smallest absolute Gasteiger partial charge is 0.410 e. The summed E-state index contributed by atoms with van der Waals surface area (Å²) in [6.07, 6.45) is 1.53. The van der Waals surface area contributed by atoms with E-state index in [9.17, 15) is 9.59 Å². The Morgan fingerprint density at radius 2 is 2.00 bits per heavy atom. The lowest BCUT2D eigenvalue weighted by atomic mass is 10.1. The highest BCUT2D eigenvalue weighted by Gasteiger charge is 2.33. The molecule has 1 rings (SSSR count). The lowest BCUT2D eigenvalue weighted by Crippen LogP contribution is -2.50. The summed E-state index contributed by atoms with van der Waals surface area (Å²) in [5.74, 6) is -0.0506. The molecule has 0 aromatic rings. The molecular weight excluding hydrogens is 270 g/mol. The number of nitrogens with two attached hydrogens (primary N) is 1. The average Bonchev–Trinajstić information content (AvgIpc) is 2.80. The first-order chi connectivity index (χ1) is 9.65. The van der Waals surface area contributed by atoms with Crippen molar-refractivity contribution in [3.8, 4) is 0 Å². The van der Waals surface area contributed by atoms with Crippen LogP contribution in [0.5, 0.6) is 0 Å². The maximum atomic E-state index is 12.3. The van der Waals surface area contributed by atoms with Crippen LogP contribution in [-0.2, 0) is 9.53 Å². The summed E-state index contributed by atoms with van der Waals surface area (Å²) in [5.41, 5.74) is 4.93. The third-order valence-corrected chi connectivity index (χ3v) is 3.53. The van der Waals surface area contributed by atoms with Crippen LogP contribution in [0, 0.1) is 0 Å². The van der Waals surface area contributed by atoms with E-state index in [1.54, 1.807) is 9.80 Å². The van der Waals surface area contributed by atoms with Gasteiger partial charge in [-0.25, -0.2) is 4.79 Å². The largest absolute Gasteiger partial charge is 0.444 e. The summed E-state index contributed by atoms with van der Waals surface area (Å²) in [6.45, 7) is 10.7. The van der Waals surface area contributed by atoms with E-state index in [0.717, 1.165) is 19.4 Å². The van der Waals surface area contributed by atoms with Crippen LogP contribution in [0.3, 0.4) is 0 Å². The van der Waals surface area contributed by atoms with E-state index < -0.39 is 5.60 Å². The zero-order chi connectivity index (χ0) is 16.2. The minimum Gasteiger partial charge on any atom is -0.444 e. The van der Waals surface area contributed by atoms with Gasteiger partial charge in [0.05, 0.1) is 6.54 Å². The van der Waals surface area contributed by atoms with Crippen LogP contribution in [0.25, 0.3) is 0 Å². The van der Waals surface area contributed by atoms with Gasteiger partial charge in [0.15, 0.2) is 0 Å². The fourth-order valence-corrected chi connectivity index (χ4v) is 2.51. The van der Waals surface area contributed by atoms with Crippen LogP contribution < -0.4 is 5.73 Å². The van der Waals surface area contributed by atoms with E-state index in [4.69, 9.17) is 10.5 Å². The Kier molecular flexibility index (Phi) is 6.01. The molecule has 1 atom stereocenters. The van der Waals surface area contributed by atoms with E-state index >= 15 is 0 Å². The van der Waals surface area contributed by atoms with Crippen molar-refractivity contribution in [2.24, 2.45) is 5.73 Å². The number of ether oxygens (including phenoxy) is 1. The topological polar surface area (TPSA) is 75.9 Å². The fourth-order valence-electron chi connectivity index (χ4n) is 2.51. The molecule has 2 N–H and O–H groups in total. The second kappa shape index (κ2) is 7.11. The summed E-state index contributed by atoms with van der Waals surface area (Å²) >= 11 is 0. The van der Waals surface area contributed by atoms with Crippen LogP contribution in [0.4, 0.5) is 4.79 Å². The molecule has 122 valence electrons. The lowest BCUT2D eigenvalue weighted by molar-refractivity contribution is -0.130. The SMILES string of the molecule is CC(C)N(CC1CCCN1C(=O)CN)C(=O)OC(C)(C)C. The minimum atomic E-state index is -0.521. The molecule has 0 radical (unpaired) electrons. The summed E-state index contributed by atoms with van der Waals surface area (Å²) in [6, 6.07) is 0.0613. The number of amides is 2. The number of likely N-dealkylation sites (tertiary alicyclic amines) is 1. The number of carbonyl (C=O) groups is 2. The van der Waals surface area contributed by atoms with Crippen LogP contribution >= 0.6 is 0 Å². The summed E-state index contributed by atoms with van der Waals surface area (Å²) in [5, 5.41) is 0. The normalized spacial score (nSPS) is 19.0. The maximum Gasteiger partial charge on any atom is 0.410 e. The zero-order valence-corrected chi connectivity index (χ0v) is 13.9. The molecule has 1 aliphatic heterocycles. The number of nitrogens with zero attached hydrogens (tertiary/aromatic N) is 2. The first-order valence-corrected chi connectivity index (χ1v) is 7.65. The Balaban J connectivity index is 2.74. The van der Waals surface area contributed by atoms with Crippen LogP contribution in [0.15, 0.2) is 0 Å². The monoisotopic (exact) mass is 299 g/mol. The highest BCUT2D eigenvalue weighted by atomic mass is 16.6. The summed E-state index contributed by atoms with van der Waals surface area (Å²) in [7, 11) is 0. The van der Waals surface area contributed by atoms with Gasteiger partial charge < -0.3 is 20.3 Å². The quantitative estimate of drug-likeness (QED) is 0.855. The van der Waals surface area contributed by atoms with Gasteiger partial charge in [0, 0.05) is 25.2 Å². The van der Waals surface area contributed by atoms with Crippen LogP contribution in [0.2, 0.25) is 0 Å². The predicted molar refractivity (Wildman–Crippen MR) is 81.9 cm³/mol. The Morgan fingerprint density at radius 1 is 1.38 bits per heavy atom. The number of rotatable bonds is 4. The Bertz CT molecular complexity index is 377. The zero-order valence-electron chi connectivity index (χ0n) is 13.9. The van der Waals surface area contributed by atoms with Crippen molar-refractivity contribution in [1.82, 2.24) is 9.80 Å². The van der Waals surface area contributed by atoms with Crippen molar-refractivity contribution in [3.05, 3.63) is 0 Å². The predicted octanol–water partition coefficient (Wildman–Crippen LogP) is 1.58. The molecule has 1 fully saturated rings. The van der Waals surface area contributed by atoms with Gasteiger partial charge in [-0.15, -0.1) is 0 Å². The molecule has 2 amide bonds. The van der Waals surface area contributed by atoms with Crippen molar-refractivity contribution in [1.29, 1.82) is 0 Å². The second-order valence-corrected chi connectivity index (χ2v) is 6.81. The molecule has 0 aliphatic carbocycles. The third kappa shape index (κ3) is 5.19. The van der Waals surface area contributed by atoms with E-state index in [1.807, 2.05) is 34.6 Å². The second-order valence-electron chi connectivity index (χ2n) is 6.81. The Morgan fingerprint density at radius 3 is 2.48 bits per heavy atom. The highest BCUT2D eigenvalue weighted by Crippen LogP contribution is 2.20. The van der Waals surface area contributed by atoms with E-state index in [0.29, 0.717) is 6.54 Å². The fraction of sp³-hybridized carbons (Fsp3) is 0.867. The molecular formula is C15H29N3O3. The van der Waals surface area contributed by atoms with E-state index in [-0.39, 0.29) is 30.6 Å². The first-order valence-electron chi connectivity index (χ1n) is 7.65. The van der Waals surface area contributed by atoms with Gasteiger partial charge in [-0.05, 0) is 47.5 Å². The highest BCUT2D eigenvalue weighted by molar-refractivity contribution is 5.78. The standard InChI is InChI=1S/C15H29N3O3/c1-11(2)18(14(20)21-15(3,4)5)10-12-7-6-8-17(12)13(19)9-16/h11-12H,6-10,16H2,1-5H3. The van der Waals surface area contributed by atoms with Gasteiger partial charge in [0.1, 0.15) is 5.60 Å². The molecule has 0 bridgehead atoms. The molecule has 1 heterocycles. The van der Waals surface area contributed by atoms with Crippen LogP contribution in [0.1, 0.15) is 47.5 Å². The number of hydrogen-bond donors (Lipinski definition) is 1. The van der Waals surface area contributed by atoms with Gasteiger partial charge in [-0.2, -0.15) is 0 Å². The van der Waals surface area contributed by atoms with Gasteiger partial charge >= 0.3 is 6.09 Å². The summed E-state index contributed by atoms with van der Waals surface area (Å²) < 4.78 is 5.45. The minimum absolute atomic E-state index is 0.0185. The molecule has 1 saturated heterocycles. The Hall–Kier alpha value is -1.30. The first kappa shape index (κ1) is 17.8. The number of carbonyl (C=O) groups excluding carboxylic acids is 2. The van der Waals surface area contributed by atoms with E-state index in [2.05, 4.69) is 0 Å². The van der Waals surface area contributed by atoms with Crippen molar-refractivity contribution in [2.75, 3.05) is 19.6 Å². The molecule has 6 heteroatoms. The molecule has 0 spiro atoms. The van der Waals surface area contributed by atoms with Gasteiger partial charge in [0.2, 0.25) is 5.91 Å². The molecule has 1 aliphatic rings. The van der Waals surface area contributed by atoms with Gasteiger partial charge in [0.25, 0.3) is 0 Å². The molecule has 6 nitrogen and oxygen atoms in total. The molecule has 1 unspecified atom stereocenters. The van der Waals surface area contributed by atoms with Crippen molar-refractivity contribution >= 4 is 12.0 Å². The van der Waals surface area contributed by atoms with E-state index in [1.165, 1.54) is 0 Å².